The Hall–Kier alpha value is -1.27. The normalized spacial score (nSPS) is 7.05. The van der Waals surface area contributed by atoms with Crippen molar-refractivity contribution >= 4 is 0 Å². The number of ether oxygens (including phenoxy) is 1. The fourth-order valence-electron chi connectivity index (χ4n) is 0.886. The number of hydrogen-bond donors (Lipinski definition) is 1. The second-order valence-corrected chi connectivity index (χ2v) is 2.70. The third-order valence-electron chi connectivity index (χ3n) is 1.62. The maximum Gasteiger partial charge on any atom is 2.00 e. The molecule has 0 amide bonds. The van der Waals surface area contributed by atoms with Crippen molar-refractivity contribution in [2.45, 2.75) is 27.7 Å². The van der Waals surface area contributed by atoms with E-state index in [9.17, 15) is 0 Å². The number of phenolic OH excluding ortho intramolecular Hbond substituents is 1. The fraction of sp³-hybridized carbons (Fsp3) is 0.294. The number of aromatic hydroxyl groups is 1. The summed E-state index contributed by atoms with van der Waals surface area (Å²) in [5, 5.41) is 8.61. The molecule has 0 aliphatic rings. The van der Waals surface area contributed by atoms with E-state index in [0.29, 0.717) is 5.75 Å². The standard InChI is InChI=1S/C7H7O.C6H5O.2C2H6.W/c1-8-7-5-3-2-4-6-7;7-6-4-2-1-3-5-6;2*1-2;/h3-6H,1H3;2-5,7H;2*1-2H3;/q2*-1;;;+2. The van der Waals surface area contributed by atoms with Crippen LogP contribution in [0.1, 0.15) is 27.7 Å². The van der Waals surface area contributed by atoms with Crippen LogP contribution in [0.4, 0.5) is 0 Å². The van der Waals surface area contributed by atoms with Crippen molar-refractivity contribution in [1.82, 2.24) is 0 Å². The molecule has 3 heteroatoms. The van der Waals surface area contributed by atoms with Gasteiger partial charge >= 0.3 is 21.1 Å². The molecule has 0 heterocycles. The minimum Gasteiger partial charge on any atom is -0.533 e. The Labute approximate surface area is 138 Å². The molecule has 0 saturated carbocycles. The van der Waals surface area contributed by atoms with Gasteiger partial charge < -0.3 is 9.84 Å². The number of benzene rings is 2. The topological polar surface area (TPSA) is 29.5 Å². The van der Waals surface area contributed by atoms with Gasteiger partial charge in [0.1, 0.15) is 0 Å². The molecule has 0 aliphatic carbocycles. The average Bonchev–Trinajstić information content (AvgIpc) is 2.53. The zero-order chi connectivity index (χ0) is 14.9. The molecule has 1 N–H and O–H groups in total. The first-order chi connectivity index (χ1) is 9.33. The molecule has 2 aromatic carbocycles. The van der Waals surface area contributed by atoms with Crippen LogP contribution < -0.4 is 4.74 Å². The van der Waals surface area contributed by atoms with Gasteiger partial charge in [0.25, 0.3) is 0 Å². The predicted molar refractivity (Wildman–Crippen MR) is 81.5 cm³/mol. The summed E-state index contributed by atoms with van der Waals surface area (Å²) in [6.07, 6.45) is 0. The smallest absolute Gasteiger partial charge is 0.533 e. The summed E-state index contributed by atoms with van der Waals surface area (Å²) < 4.78 is 4.89. The predicted octanol–water partition coefficient (Wildman–Crippen LogP) is 4.74. The molecule has 0 unspecified atom stereocenters. The number of hydrogen-bond acceptors (Lipinski definition) is 2. The van der Waals surface area contributed by atoms with Gasteiger partial charge in [-0.05, 0) is 0 Å². The van der Waals surface area contributed by atoms with Gasteiger partial charge in [-0.1, -0.05) is 27.7 Å². The molecule has 110 valence electrons. The van der Waals surface area contributed by atoms with Crippen LogP contribution in [0.5, 0.6) is 11.5 Å². The molecule has 0 fully saturated rings. The van der Waals surface area contributed by atoms with Crippen LogP contribution >= 0.6 is 0 Å². The van der Waals surface area contributed by atoms with Crippen molar-refractivity contribution in [3.63, 3.8) is 0 Å². The van der Waals surface area contributed by atoms with E-state index in [-0.39, 0.29) is 21.1 Å². The van der Waals surface area contributed by atoms with Crippen LogP contribution in [-0.2, 0) is 21.1 Å². The Kier molecular flexibility index (Phi) is 23.9. The Balaban J connectivity index is -0.000000224. The molecule has 2 nitrogen and oxygen atoms in total. The van der Waals surface area contributed by atoms with Crippen LogP contribution in [0, 0.1) is 12.1 Å². The zero-order valence-corrected chi connectivity index (χ0v) is 15.8. The Morgan fingerprint density at radius 2 is 1.15 bits per heavy atom. The van der Waals surface area contributed by atoms with Crippen molar-refractivity contribution in [3.05, 3.63) is 60.7 Å². The number of rotatable bonds is 1. The van der Waals surface area contributed by atoms with Gasteiger partial charge in [0.15, 0.2) is 0 Å². The zero-order valence-electron chi connectivity index (χ0n) is 12.9. The number of phenols is 1. The van der Waals surface area contributed by atoms with Crippen molar-refractivity contribution in [1.29, 1.82) is 0 Å². The summed E-state index contributed by atoms with van der Waals surface area (Å²) >= 11 is 0. The Morgan fingerprint density at radius 1 is 0.800 bits per heavy atom. The molecular formula is C17H24O2W. The SMILES string of the molecule is CC.CC.COc1cc[c-]cc1.Oc1cc[c-]cc1.[W+2]. The largest absolute Gasteiger partial charge is 2.00 e. The summed E-state index contributed by atoms with van der Waals surface area (Å²) in [5.74, 6) is 1.17. The first kappa shape index (κ1) is 23.8. The first-order valence-corrected chi connectivity index (χ1v) is 6.48. The van der Waals surface area contributed by atoms with Crippen LogP contribution in [0.25, 0.3) is 0 Å². The van der Waals surface area contributed by atoms with E-state index in [0.717, 1.165) is 5.75 Å². The van der Waals surface area contributed by atoms with Gasteiger partial charge in [-0.15, -0.1) is 24.3 Å². The summed E-state index contributed by atoms with van der Waals surface area (Å²) in [4.78, 5) is 0. The third-order valence-corrected chi connectivity index (χ3v) is 1.62. The summed E-state index contributed by atoms with van der Waals surface area (Å²) in [7, 11) is 1.65. The summed E-state index contributed by atoms with van der Waals surface area (Å²) in [6.45, 7) is 8.00. The van der Waals surface area contributed by atoms with Gasteiger partial charge in [0, 0.05) is 11.5 Å². The second kappa shape index (κ2) is 20.1. The molecule has 0 spiro atoms. The van der Waals surface area contributed by atoms with Gasteiger partial charge in [-0.3, -0.25) is 0 Å². The molecule has 0 saturated heterocycles. The Bertz CT molecular complexity index is 363. The molecule has 0 radical (unpaired) electrons. The summed E-state index contributed by atoms with van der Waals surface area (Å²) in [5.41, 5.74) is 0. The van der Waals surface area contributed by atoms with Crippen LogP contribution in [0.3, 0.4) is 0 Å². The molecule has 2 aromatic rings. The maximum absolute atomic E-state index is 8.61. The quantitative estimate of drug-likeness (QED) is 0.645. The van der Waals surface area contributed by atoms with E-state index in [2.05, 4.69) is 12.1 Å². The molecular weight excluding hydrogens is 420 g/mol. The van der Waals surface area contributed by atoms with Gasteiger partial charge in [-0.25, -0.2) is 0 Å². The molecule has 0 aliphatic heterocycles. The third kappa shape index (κ3) is 14.8. The van der Waals surface area contributed by atoms with E-state index in [4.69, 9.17) is 9.84 Å². The Morgan fingerprint density at radius 3 is 1.35 bits per heavy atom. The molecule has 0 bridgehead atoms. The van der Waals surface area contributed by atoms with Gasteiger partial charge in [-0.2, -0.15) is 36.4 Å². The molecule has 20 heavy (non-hydrogen) atoms. The average molecular weight is 444 g/mol. The van der Waals surface area contributed by atoms with Crippen molar-refractivity contribution < 1.29 is 30.9 Å². The van der Waals surface area contributed by atoms with Crippen LogP contribution in [0.15, 0.2) is 48.5 Å². The molecule has 0 aromatic heterocycles. The van der Waals surface area contributed by atoms with E-state index in [1.165, 1.54) is 0 Å². The molecule has 2 rings (SSSR count). The number of methoxy groups -OCH3 is 1. The fourth-order valence-corrected chi connectivity index (χ4v) is 0.886. The minimum atomic E-state index is 0. The van der Waals surface area contributed by atoms with Crippen molar-refractivity contribution in [3.8, 4) is 11.5 Å². The minimum absolute atomic E-state index is 0. The van der Waals surface area contributed by atoms with E-state index < -0.39 is 0 Å². The van der Waals surface area contributed by atoms with Crippen molar-refractivity contribution in [2.24, 2.45) is 0 Å². The monoisotopic (exact) mass is 444 g/mol. The van der Waals surface area contributed by atoms with Crippen molar-refractivity contribution in [2.75, 3.05) is 7.11 Å². The van der Waals surface area contributed by atoms with Crippen LogP contribution in [0.2, 0.25) is 0 Å². The van der Waals surface area contributed by atoms with E-state index >= 15 is 0 Å². The maximum atomic E-state index is 8.61. The first-order valence-electron chi connectivity index (χ1n) is 6.48. The van der Waals surface area contributed by atoms with E-state index in [1.54, 1.807) is 31.4 Å². The van der Waals surface area contributed by atoms with Gasteiger partial charge in [0.2, 0.25) is 0 Å². The van der Waals surface area contributed by atoms with Gasteiger partial charge in [0.05, 0.1) is 7.11 Å². The summed E-state index contributed by atoms with van der Waals surface area (Å²) in [6, 6.07) is 19.5. The van der Waals surface area contributed by atoms with Crippen LogP contribution in [-0.4, -0.2) is 12.2 Å². The second-order valence-electron chi connectivity index (χ2n) is 2.70. The van der Waals surface area contributed by atoms with E-state index in [1.807, 2.05) is 52.0 Å². The molecule has 0 atom stereocenters.